The first-order chi connectivity index (χ1) is 7.76. The van der Waals surface area contributed by atoms with Crippen LogP contribution in [0.15, 0.2) is 0 Å². The van der Waals surface area contributed by atoms with Gasteiger partial charge in [-0.25, -0.2) is 0 Å². The summed E-state index contributed by atoms with van der Waals surface area (Å²) in [6.07, 6.45) is 6.34. The molecule has 1 aromatic rings. The van der Waals surface area contributed by atoms with Crippen LogP contribution in [0.2, 0.25) is 0 Å². The van der Waals surface area contributed by atoms with Gasteiger partial charge in [-0.1, -0.05) is 6.92 Å². The molecule has 0 atom stereocenters. The van der Waals surface area contributed by atoms with E-state index in [-0.39, 0.29) is 0 Å². The van der Waals surface area contributed by atoms with Gasteiger partial charge in [-0.05, 0) is 44.7 Å². The highest BCUT2D eigenvalue weighted by Gasteiger charge is 2.42. The number of nitrogens with one attached hydrogen (secondary N) is 1. The lowest BCUT2D eigenvalue weighted by molar-refractivity contribution is 0.371. The van der Waals surface area contributed by atoms with Crippen molar-refractivity contribution in [2.75, 3.05) is 13.1 Å². The maximum Gasteiger partial charge on any atom is 0.123 e. The molecule has 0 spiro atoms. The quantitative estimate of drug-likeness (QED) is 0.875. The Bertz CT molecular complexity index is 364. The van der Waals surface area contributed by atoms with Gasteiger partial charge >= 0.3 is 0 Å². The van der Waals surface area contributed by atoms with Gasteiger partial charge in [0.1, 0.15) is 10.0 Å². The van der Waals surface area contributed by atoms with Crippen LogP contribution in [0, 0.1) is 5.92 Å². The van der Waals surface area contributed by atoms with Gasteiger partial charge in [0.05, 0.1) is 0 Å². The zero-order valence-corrected chi connectivity index (χ0v) is 10.6. The molecular weight excluding hydrogens is 218 g/mol. The van der Waals surface area contributed by atoms with Crippen LogP contribution >= 0.6 is 11.3 Å². The highest BCUT2D eigenvalue weighted by Crippen LogP contribution is 2.48. The number of nitrogens with zero attached hydrogens (tertiary/aromatic N) is 2. The molecule has 1 aliphatic heterocycles. The van der Waals surface area contributed by atoms with Gasteiger partial charge in [-0.3, -0.25) is 0 Å². The van der Waals surface area contributed by atoms with Crippen molar-refractivity contribution in [3.05, 3.63) is 10.0 Å². The maximum atomic E-state index is 4.37. The Kier molecular flexibility index (Phi) is 2.72. The molecule has 2 fully saturated rings. The van der Waals surface area contributed by atoms with Crippen molar-refractivity contribution >= 4 is 11.3 Å². The van der Waals surface area contributed by atoms with Gasteiger partial charge < -0.3 is 5.32 Å². The minimum Gasteiger partial charge on any atom is -0.317 e. The average Bonchev–Trinajstić information content (AvgIpc) is 2.88. The third-order valence-electron chi connectivity index (χ3n) is 3.91. The van der Waals surface area contributed by atoms with Crippen molar-refractivity contribution in [3.63, 3.8) is 0 Å². The lowest BCUT2D eigenvalue weighted by Gasteiger charge is -2.21. The molecule has 1 saturated carbocycles. The summed E-state index contributed by atoms with van der Waals surface area (Å²) < 4.78 is 0. The summed E-state index contributed by atoms with van der Waals surface area (Å²) in [5.74, 6) is 0.828. The summed E-state index contributed by atoms with van der Waals surface area (Å²) in [5, 5.41) is 14.7. The van der Waals surface area contributed by atoms with Crippen LogP contribution in [0.1, 0.15) is 42.6 Å². The van der Waals surface area contributed by atoms with E-state index < -0.39 is 0 Å². The molecule has 2 heterocycles. The van der Waals surface area contributed by atoms with Crippen molar-refractivity contribution in [1.82, 2.24) is 15.5 Å². The van der Waals surface area contributed by atoms with E-state index in [4.69, 9.17) is 0 Å². The molecule has 1 saturated heterocycles. The number of hydrogen-bond donors (Lipinski definition) is 1. The van der Waals surface area contributed by atoms with E-state index in [0.717, 1.165) is 12.3 Å². The summed E-state index contributed by atoms with van der Waals surface area (Å²) in [6, 6.07) is 0. The monoisotopic (exact) mass is 237 g/mol. The lowest BCUT2D eigenvalue weighted by atomic mass is 9.95. The number of piperidine rings is 1. The van der Waals surface area contributed by atoms with E-state index in [1.54, 1.807) is 0 Å². The van der Waals surface area contributed by atoms with Crippen molar-refractivity contribution in [2.45, 2.75) is 44.4 Å². The summed E-state index contributed by atoms with van der Waals surface area (Å²) in [4.78, 5) is 0. The molecule has 88 valence electrons. The highest BCUT2D eigenvalue weighted by molar-refractivity contribution is 7.11. The summed E-state index contributed by atoms with van der Waals surface area (Å²) >= 11 is 1.85. The van der Waals surface area contributed by atoms with E-state index in [1.807, 2.05) is 11.3 Å². The maximum absolute atomic E-state index is 4.37. The third-order valence-corrected chi connectivity index (χ3v) is 5.16. The largest absolute Gasteiger partial charge is 0.317 e. The predicted molar refractivity (Wildman–Crippen MR) is 65.8 cm³/mol. The van der Waals surface area contributed by atoms with Gasteiger partial charge in [0, 0.05) is 11.8 Å². The third kappa shape index (κ3) is 2.13. The summed E-state index contributed by atoms with van der Waals surface area (Å²) in [5.41, 5.74) is 0.393. The Morgan fingerprint density at radius 2 is 2.06 bits per heavy atom. The molecular formula is C12H19N3S. The number of rotatable bonds is 3. The van der Waals surface area contributed by atoms with Crippen LogP contribution in [-0.2, 0) is 11.8 Å². The van der Waals surface area contributed by atoms with Crippen LogP contribution in [-0.4, -0.2) is 23.3 Å². The molecule has 0 amide bonds. The predicted octanol–water partition coefficient (Wildman–Crippen LogP) is 2.13. The fourth-order valence-electron chi connectivity index (χ4n) is 2.31. The van der Waals surface area contributed by atoms with Crippen LogP contribution in [0.3, 0.4) is 0 Å². The Morgan fingerprint density at radius 1 is 1.31 bits per heavy atom. The molecule has 2 aliphatic rings. The fraction of sp³-hybridized carbons (Fsp3) is 0.833. The Morgan fingerprint density at radius 3 is 2.75 bits per heavy atom. The van der Waals surface area contributed by atoms with Gasteiger partial charge in [-0.2, -0.15) is 0 Å². The van der Waals surface area contributed by atoms with Crippen molar-refractivity contribution in [1.29, 1.82) is 0 Å². The summed E-state index contributed by atoms with van der Waals surface area (Å²) in [6.45, 7) is 4.66. The second-order valence-corrected chi connectivity index (χ2v) is 6.52. The molecule has 3 rings (SSSR count). The zero-order valence-electron chi connectivity index (χ0n) is 9.83. The minimum atomic E-state index is 0.393. The lowest BCUT2D eigenvalue weighted by Crippen LogP contribution is -2.28. The van der Waals surface area contributed by atoms with E-state index in [1.165, 1.54) is 48.8 Å². The smallest absolute Gasteiger partial charge is 0.123 e. The van der Waals surface area contributed by atoms with Gasteiger partial charge in [0.15, 0.2) is 0 Å². The second kappa shape index (κ2) is 4.08. The first-order valence-corrected chi connectivity index (χ1v) is 7.11. The molecule has 0 aromatic carbocycles. The van der Waals surface area contributed by atoms with Crippen LogP contribution < -0.4 is 5.32 Å². The molecule has 16 heavy (non-hydrogen) atoms. The van der Waals surface area contributed by atoms with E-state index >= 15 is 0 Å². The molecule has 0 bridgehead atoms. The SMILES string of the molecule is CC1(c2nnc(CC3CCNCC3)s2)CC1. The number of hydrogen-bond acceptors (Lipinski definition) is 4. The first-order valence-electron chi connectivity index (χ1n) is 6.30. The normalized spacial score (nSPS) is 24.6. The Hall–Kier alpha value is -0.480. The van der Waals surface area contributed by atoms with Crippen LogP contribution in [0.25, 0.3) is 0 Å². The molecule has 1 N–H and O–H groups in total. The van der Waals surface area contributed by atoms with Crippen molar-refractivity contribution < 1.29 is 0 Å². The van der Waals surface area contributed by atoms with E-state index in [9.17, 15) is 0 Å². The average molecular weight is 237 g/mol. The topological polar surface area (TPSA) is 37.8 Å². The van der Waals surface area contributed by atoms with Crippen molar-refractivity contribution in [2.24, 2.45) is 5.92 Å². The Balaban J connectivity index is 1.63. The van der Waals surface area contributed by atoms with Crippen LogP contribution in [0.4, 0.5) is 0 Å². The van der Waals surface area contributed by atoms with E-state index in [0.29, 0.717) is 5.41 Å². The van der Waals surface area contributed by atoms with Gasteiger partial charge in [-0.15, -0.1) is 21.5 Å². The molecule has 0 unspecified atom stereocenters. The van der Waals surface area contributed by atoms with Gasteiger partial charge in [0.2, 0.25) is 0 Å². The molecule has 0 radical (unpaired) electrons. The molecule has 1 aliphatic carbocycles. The minimum absolute atomic E-state index is 0.393. The Labute approximate surface area is 101 Å². The van der Waals surface area contributed by atoms with Crippen LogP contribution in [0.5, 0.6) is 0 Å². The summed E-state index contributed by atoms with van der Waals surface area (Å²) in [7, 11) is 0. The van der Waals surface area contributed by atoms with E-state index in [2.05, 4.69) is 22.4 Å². The molecule has 3 nitrogen and oxygen atoms in total. The number of aromatic nitrogens is 2. The standard InChI is InChI=1S/C12H19N3S/c1-12(4-5-12)11-15-14-10(16-11)8-9-2-6-13-7-3-9/h9,13H,2-8H2,1H3. The first kappa shape index (κ1) is 10.7. The fourth-order valence-corrected chi connectivity index (χ4v) is 3.47. The van der Waals surface area contributed by atoms with Crippen molar-refractivity contribution in [3.8, 4) is 0 Å². The van der Waals surface area contributed by atoms with Gasteiger partial charge in [0.25, 0.3) is 0 Å². The highest BCUT2D eigenvalue weighted by atomic mass is 32.1. The zero-order chi connectivity index (χ0) is 11.0. The molecule has 4 heteroatoms. The second-order valence-electron chi connectivity index (χ2n) is 5.46. The molecule has 1 aromatic heterocycles.